The summed E-state index contributed by atoms with van der Waals surface area (Å²) < 4.78 is 43.7. The minimum absolute atomic E-state index is 0.171. The molecule has 0 spiro atoms. The highest BCUT2D eigenvalue weighted by Crippen LogP contribution is 2.30. The summed E-state index contributed by atoms with van der Waals surface area (Å²) in [6, 6.07) is 12.8. The molecule has 0 aromatic heterocycles. The molecular weight excluding hydrogens is 291 g/mol. The molecule has 2 aromatic rings. The largest absolute Gasteiger partial charge is 0.489 e. The lowest BCUT2D eigenvalue weighted by Gasteiger charge is -2.18. The van der Waals surface area contributed by atoms with Gasteiger partial charge in [0.25, 0.3) is 0 Å². The number of rotatable bonds is 5. The van der Waals surface area contributed by atoms with Crippen LogP contribution < -0.4 is 10.1 Å². The third-order valence-electron chi connectivity index (χ3n) is 3.21. The van der Waals surface area contributed by atoms with E-state index in [1.807, 2.05) is 38.1 Å². The molecule has 1 unspecified atom stereocenters. The smallest absolute Gasteiger partial charge is 0.416 e. The molecular formula is C17H18F3NO. The van der Waals surface area contributed by atoms with E-state index >= 15 is 0 Å². The summed E-state index contributed by atoms with van der Waals surface area (Å²) in [5, 5.41) is 2.97. The van der Waals surface area contributed by atoms with Gasteiger partial charge in [-0.3, -0.25) is 0 Å². The van der Waals surface area contributed by atoms with Crippen molar-refractivity contribution in [2.24, 2.45) is 0 Å². The van der Waals surface area contributed by atoms with Gasteiger partial charge in [-0.05, 0) is 43.7 Å². The van der Waals surface area contributed by atoms with Crippen LogP contribution in [0.25, 0.3) is 0 Å². The summed E-state index contributed by atoms with van der Waals surface area (Å²) in [5.41, 5.74) is 0.786. The molecule has 0 fully saturated rings. The van der Waals surface area contributed by atoms with Gasteiger partial charge in [-0.2, -0.15) is 13.2 Å². The van der Waals surface area contributed by atoms with Crippen LogP contribution in [-0.2, 0) is 6.18 Å². The molecule has 22 heavy (non-hydrogen) atoms. The minimum Gasteiger partial charge on any atom is -0.489 e. The first-order valence-electron chi connectivity index (χ1n) is 6.99. The summed E-state index contributed by atoms with van der Waals surface area (Å²) in [7, 11) is 0. The van der Waals surface area contributed by atoms with Crippen molar-refractivity contribution >= 4 is 5.69 Å². The van der Waals surface area contributed by atoms with Crippen LogP contribution in [-0.4, -0.2) is 12.6 Å². The first-order valence-corrected chi connectivity index (χ1v) is 6.99. The van der Waals surface area contributed by atoms with Crippen LogP contribution in [0.15, 0.2) is 48.5 Å². The number of hydrogen-bond donors (Lipinski definition) is 1. The number of para-hydroxylation sites is 1. The van der Waals surface area contributed by atoms with E-state index < -0.39 is 11.7 Å². The Kier molecular flexibility index (Phi) is 4.96. The molecule has 0 saturated heterocycles. The second kappa shape index (κ2) is 6.73. The number of anilines is 1. The maximum Gasteiger partial charge on any atom is 0.416 e. The van der Waals surface area contributed by atoms with Crippen molar-refractivity contribution in [1.82, 2.24) is 0 Å². The van der Waals surface area contributed by atoms with Gasteiger partial charge in [-0.25, -0.2) is 0 Å². The van der Waals surface area contributed by atoms with Crippen LogP contribution in [0.2, 0.25) is 0 Å². The second-order valence-corrected chi connectivity index (χ2v) is 5.15. The fourth-order valence-electron chi connectivity index (χ4n) is 2.01. The monoisotopic (exact) mass is 309 g/mol. The molecule has 0 radical (unpaired) electrons. The predicted molar refractivity (Wildman–Crippen MR) is 81.2 cm³/mol. The van der Waals surface area contributed by atoms with Crippen molar-refractivity contribution in [2.75, 3.05) is 11.9 Å². The van der Waals surface area contributed by atoms with Crippen LogP contribution in [0.3, 0.4) is 0 Å². The van der Waals surface area contributed by atoms with E-state index in [9.17, 15) is 13.2 Å². The molecule has 0 heterocycles. The lowest BCUT2D eigenvalue weighted by molar-refractivity contribution is -0.137. The molecule has 2 rings (SSSR count). The number of nitrogens with one attached hydrogen (secondary N) is 1. The molecule has 2 nitrogen and oxygen atoms in total. The van der Waals surface area contributed by atoms with E-state index in [0.29, 0.717) is 12.2 Å². The number of halogens is 3. The third-order valence-corrected chi connectivity index (χ3v) is 3.21. The van der Waals surface area contributed by atoms with E-state index in [-0.39, 0.29) is 6.10 Å². The first kappa shape index (κ1) is 16.2. The van der Waals surface area contributed by atoms with Gasteiger partial charge < -0.3 is 10.1 Å². The molecule has 1 atom stereocenters. The normalized spacial score (nSPS) is 12.8. The van der Waals surface area contributed by atoms with E-state index in [2.05, 4.69) is 5.32 Å². The molecule has 0 aliphatic carbocycles. The fourth-order valence-corrected chi connectivity index (χ4v) is 2.01. The van der Waals surface area contributed by atoms with Gasteiger partial charge >= 0.3 is 6.18 Å². The first-order chi connectivity index (χ1) is 10.4. The Morgan fingerprint density at radius 2 is 1.82 bits per heavy atom. The highest BCUT2D eigenvalue weighted by molar-refractivity contribution is 5.46. The standard InChI is InChI=1S/C17H18F3NO/c1-12-6-3-4-9-16(12)22-13(2)11-21-15-8-5-7-14(10-15)17(18,19)20/h3-10,13,21H,11H2,1-2H3. The van der Waals surface area contributed by atoms with E-state index in [0.717, 1.165) is 23.4 Å². The average molecular weight is 309 g/mol. The third kappa shape index (κ3) is 4.41. The Hall–Kier alpha value is -2.17. The van der Waals surface area contributed by atoms with Gasteiger partial charge in [0.05, 0.1) is 12.1 Å². The Morgan fingerprint density at radius 1 is 1.09 bits per heavy atom. The van der Waals surface area contributed by atoms with Crippen LogP contribution in [0.5, 0.6) is 5.75 Å². The fraction of sp³-hybridized carbons (Fsp3) is 0.294. The topological polar surface area (TPSA) is 21.3 Å². The Morgan fingerprint density at radius 3 is 2.50 bits per heavy atom. The van der Waals surface area contributed by atoms with Gasteiger partial charge in [-0.1, -0.05) is 24.3 Å². The lowest BCUT2D eigenvalue weighted by atomic mass is 10.2. The highest BCUT2D eigenvalue weighted by Gasteiger charge is 2.30. The lowest BCUT2D eigenvalue weighted by Crippen LogP contribution is -2.23. The minimum atomic E-state index is -4.33. The van der Waals surface area contributed by atoms with E-state index in [1.54, 1.807) is 6.07 Å². The number of ether oxygens (including phenoxy) is 1. The Balaban J connectivity index is 1.94. The zero-order chi connectivity index (χ0) is 16.2. The average Bonchev–Trinajstić information content (AvgIpc) is 2.47. The number of alkyl halides is 3. The van der Waals surface area contributed by atoms with Gasteiger partial charge in [0.1, 0.15) is 11.9 Å². The molecule has 1 N–H and O–H groups in total. The van der Waals surface area contributed by atoms with Crippen molar-refractivity contribution in [3.63, 3.8) is 0 Å². The van der Waals surface area contributed by atoms with Crippen LogP contribution in [0, 0.1) is 6.92 Å². The van der Waals surface area contributed by atoms with Crippen LogP contribution in [0.4, 0.5) is 18.9 Å². The molecule has 0 bridgehead atoms. The predicted octanol–water partition coefficient (Wildman–Crippen LogP) is 4.89. The highest BCUT2D eigenvalue weighted by atomic mass is 19.4. The molecule has 0 saturated carbocycles. The molecule has 2 aromatic carbocycles. The summed E-state index contributed by atoms with van der Waals surface area (Å²) in [6.07, 6.45) is -4.50. The molecule has 118 valence electrons. The summed E-state index contributed by atoms with van der Waals surface area (Å²) in [4.78, 5) is 0. The number of hydrogen-bond acceptors (Lipinski definition) is 2. The SMILES string of the molecule is Cc1ccccc1OC(C)CNc1cccc(C(F)(F)F)c1. The van der Waals surface area contributed by atoms with Crippen molar-refractivity contribution in [2.45, 2.75) is 26.1 Å². The van der Waals surface area contributed by atoms with E-state index in [1.165, 1.54) is 6.07 Å². The second-order valence-electron chi connectivity index (χ2n) is 5.15. The van der Waals surface area contributed by atoms with Gasteiger partial charge in [0.2, 0.25) is 0 Å². The van der Waals surface area contributed by atoms with Crippen molar-refractivity contribution < 1.29 is 17.9 Å². The van der Waals surface area contributed by atoms with Crippen molar-refractivity contribution in [1.29, 1.82) is 0 Å². The van der Waals surface area contributed by atoms with Crippen LogP contribution in [0.1, 0.15) is 18.1 Å². The van der Waals surface area contributed by atoms with Gasteiger partial charge in [-0.15, -0.1) is 0 Å². The summed E-state index contributed by atoms with van der Waals surface area (Å²) in [5.74, 6) is 0.779. The summed E-state index contributed by atoms with van der Waals surface area (Å²) >= 11 is 0. The quantitative estimate of drug-likeness (QED) is 0.849. The zero-order valence-corrected chi connectivity index (χ0v) is 12.4. The summed E-state index contributed by atoms with van der Waals surface area (Å²) in [6.45, 7) is 4.23. The van der Waals surface area contributed by atoms with Crippen LogP contribution >= 0.6 is 0 Å². The molecule has 0 aliphatic rings. The molecule has 0 amide bonds. The number of benzene rings is 2. The molecule has 5 heteroatoms. The zero-order valence-electron chi connectivity index (χ0n) is 12.4. The number of aryl methyl sites for hydroxylation is 1. The maximum absolute atomic E-state index is 12.6. The Labute approximate surface area is 127 Å². The Bertz CT molecular complexity index is 625. The van der Waals surface area contributed by atoms with Crippen molar-refractivity contribution in [3.05, 3.63) is 59.7 Å². The maximum atomic E-state index is 12.6. The molecule has 0 aliphatic heterocycles. The van der Waals surface area contributed by atoms with Gasteiger partial charge in [0.15, 0.2) is 0 Å². The van der Waals surface area contributed by atoms with Gasteiger partial charge in [0, 0.05) is 5.69 Å². The van der Waals surface area contributed by atoms with E-state index in [4.69, 9.17) is 4.74 Å². The van der Waals surface area contributed by atoms with Crippen molar-refractivity contribution in [3.8, 4) is 5.75 Å².